The topological polar surface area (TPSA) is 29.3 Å². The van der Waals surface area contributed by atoms with Crippen molar-refractivity contribution in [3.8, 4) is 0 Å². The van der Waals surface area contributed by atoms with E-state index in [0.717, 1.165) is 25.4 Å². The number of nitrogens with two attached hydrogens (primary N) is 1. The van der Waals surface area contributed by atoms with Gasteiger partial charge in [-0.05, 0) is 43.4 Å². The zero-order valence-electron chi connectivity index (χ0n) is 11.7. The van der Waals surface area contributed by atoms with Gasteiger partial charge < -0.3 is 10.6 Å². The van der Waals surface area contributed by atoms with Crippen molar-refractivity contribution in [2.24, 2.45) is 11.7 Å². The molecule has 0 bridgehead atoms. The number of nitrogens with zero attached hydrogens (tertiary/aromatic N) is 1. The van der Waals surface area contributed by atoms with Gasteiger partial charge in [-0.2, -0.15) is 0 Å². The van der Waals surface area contributed by atoms with Crippen molar-refractivity contribution in [2.75, 3.05) is 24.5 Å². The van der Waals surface area contributed by atoms with Gasteiger partial charge in [0.05, 0.1) is 0 Å². The van der Waals surface area contributed by atoms with Crippen molar-refractivity contribution in [3.63, 3.8) is 0 Å². The molecule has 1 unspecified atom stereocenters. The summed E-state index contributed by atoms with van der Waals surface area (Å²) in [5, 5.41) is 0. The van der Waals surface area contributed by atoms with Gasteiger partial charge in [-0.1, -0.05) is 32.0 Å². The monoisotopic (exact) mass is 246 g/mol. The Balaban J connectivity index is 2.01. The first-order valence-electron chi connectivity index (χ1n) is 7.26. The van der Waals surface area contributed by atoms with E-state index >= 15 is 0 Å². The number of anilines is 1. The minimum atomic E-state index is 0.644. The first kappa shape index (κ1) is 13.4. The second-order valence-corrected chi connectivity index (χ2v) is 5.82. The molecule has 0 fully saturated rings. The molecular weight excluding hydrogens is 220 g/mol. The predicted molar refractivity (Wildman–Crippen MR) is 79.1 cm³/mol. The summed E-state index contributed by atoms with van der Waals surface area (Å²) >= 11 is 0. The molecule has 1 aliphatic rings. The fraction of sp³-hybridized carbons (Fsp3) is 0.625. The van der Waals surface area contributed by atoms with Crippen LogP contribution in [0.1, 0.15) is 44.6 Å². The summed E-state index contributed by atoms with van der Waals surface area (Å²) in [6, 6.07) is 8.85. The van der Waals surface area contributed by atoms with Gasteiger partial charge in [-0.3, -0.25) is 0 Å². The summed E-state index contributed by atoms with van der Waals surface area (Å²) in [6.45, 7) is 7.74. The van der Waals surface area contributed by atoms with Gasteiger partial charge in [0.1, 0.15) is 0 Å². The number of hydrogen-bond donors (Lipinski definition) is 1. The molecule has 0 spiro atoms. The van der Waals surface area contributed by atoms with Crippen LogP contribution in [0, 0.1) is 5.92 Å². The molecule has 0 aromatic heterocycles. The number of benzene rings is 1. The highest BCUT2D eigenvalue weighted by Gasteiger charge is 2.26. The zero-order valence-corrected chi connectivity index (χ0v) is 11.7. The van der Waals surface area contributed by atoms with Crippen LogP contribution in [-0.2, 0) is 0 Å². The first-order chi connectivity index (χ1) is 8.72. The van der Waals surface area contributed by atoms with Crippen LogP contribution < -0.4 is 10.6 Å². The van der Waals surface area contributed by atoms with E-state index in [-0.39, 0.29) is 0 Å². The Hall–Kier alpha value is -1.02. The highest BCUT2D eigenvalue weighted by molar-refractivity contribution is 5.60. The van der Waals surface area contributed by atoms with Crippen LogP contribution >= 0.6 is 0 Å². The molecule has 2 rings (SSSR count). The molecule has 1 atom stereocenters. The zero-order chi connectivity index (χ0) is 13.0. The Labute approximate surface area is 111 Å². The largest absolute Gasteiger partial charge is 0.371 e. The van der Waals surface area contributed by atoms with Gasteiger partial charge in [0.25, 0.3) is 0 Å². The lowest BCUT2D eigenvalue weighted by molar-refractivity contribution is 0.545. The fourth-order valence-electron chi connectivity index (χ4n) is 2.93. The number of fused-ring (bicyclic) bond motifs is 1. The van der Waals surface area contributed by atoms with Gasteiger partial charge >= 0.3 is 0 Å². The summed E-state index contributed by atoms with van der Waals surface area (Å²) in [6.07, 6.45) is 3.72. The predicted octanol–water partition coefficient (Wildman–Crippen LogP) is 3.38. The minimum Gasteiger partial charge on any atom is -0.371 e. The smallest absolute Gasteiger partial charge is 0.0402 e. The molecule has 2 nitrogen and oxygen atoms in total. The van der Waals surface area contributed by atoms with Crippen LogP contribution in [0.3, 0.4) is 0 Å². The summed E-state index contributed by atoms with van der Waals surface area (Å²) in [5.74, 6) is 1.45. The minimum absolute atomic E-state index is 0.644. The van der Waals surface area contributed by atoms with E-state index in [0.29, 0.717) is 5.92 Å². The molecule has 2 heteroatoms. The molecule has 1 aromatic carbocycles. The van der Waals surface area contributed by atoms with Crippen LogP contribution in [0.25, 0.3) is 0 Å². The molecule has 18 heavy (non-hydrogen) atoms. The molecule has 1 aromatic rings. The molecule has 100 valence electrons. The lowest BCUT2D eigenvalue weighted by atomic mass is 9.98. The second kappa shape index (κ2) is 6.24. The fourth-order valence-corrected chi connectivity index (χ4v) is 2.93. The Morgan fingerprint density at radius 2 is 2.11 bits per heavy atom. The highest BCUT2D eigenvalue weighted by Crippen LogP contribution is 2.37. The van der Waals surface area contributed by atoms with E-state index in [4.69, 9.17) is 5.73 Å². The van der Waals surface area contributed by atoms with E-state index in [2.05, 4.69) is 43.0 Å². The number of hydrogen-bond acceptors (Lipinski definition) is 2. The summed E-state index contributed by atoms with van der Waals surface area (Å²) < 4.78 is 0. The molecule has 0 aliphatic carbocycles. The van der Waals surface area contributed by atoms with Crippen LogP contribution in [0.4, 0.5) is 5.69 Å². The van der Waals surface area contributed by atoms with Gasteiger partial charge in [-0.25, -0.2) is 0 Å². The van der Waals surface area contributed by atoms with Crippen molar-refractivity contribution in [2.45, 2.75) is 39.0 Å². The van der Waals surface area contributed by atoms with E-state index in [1.54, 1.807) is 0 Å². The van der Waals surface area contributed by atoms with Crippen molar-refractivity contribution >= 4 is 5.69 Å². The van der Waals surface area contributed by atoms with Crippen molar-refractivity contribution < 1.29 is 0 Å². The molecular formula is C16H26N2. The Morgan fingerprint density at radius 3 is 2.83 bits per heavy atom. The third kappa shape index (κ3) is 3.05. The SMILES string of the molecule is CC(C)CCCN1CC(CCN)c2ccccc21. The quantitative estimate of drug-likeness (QED) is 0.834. The molecule has 2 N–H and O–H groups in total. The first-order valence-corrected chi connectivity index (χ1v) is 7.26. The second-order valence-electron chi connectivity index (χ2n) is 5.82. The highest BCUT2D eigenvalue weighted by atomic mass is 15.2. The van der Waals surface area contributed by atoms with E-state index in [9.17, 15) is 0 Å². The Bertz CT molecular complexity index is 373. The number of para-hydroxylation sites is 1. The average molecular weight is 246 g/mol. The van der Waals surface area contributed by atoms with Gasteiger partial charge in [0, 0.05) is 24.7 Å². The Kier molecular flexibility index (Phi) is 4.65. The molecule has 1 heterocycles. The van der Waals surface area contributed by atoms with E-state index < -0.39 is 0 Å². The molecule has 0 amide bonds. The molecule has 1 aliphatic heterocycles. The summed E-state index contributed by atoms with van der Waals surface area (Å²) in [7, 11) is 0. The maximum absolute atomic E-state index is 5.73. The van der Waals surface area contributed by atoms with E-state index in [1.165, 1.54) is 30.6 Å². The van der Waals surface area contributed by atoms with Crippen molar-refractivity contribution in [3.05, 3.63) is 29.8 Å². The third-order valence-corrected chi connectivity index (χ3v) is 3.88. The number of rotatable bonds is 6. The normalized spacial score (nSPS) is 18.4. The Morgan fingerprint density at radius 1 is 1.33 bits per heavy atom. The molecule has 0 saturated heterocycles. The summed E-state index contributed by atoms with van der Waals surface area (Å²) in [4.78, 5) is 2.55. The molecule has 0 saturated carbocycles. The van der Waals surface area contributed by atoms with Crippen molar-refractivity contribution in [1.82, 2.24) is 0 Å². The third-order valence-electron chi connectivity index (χ3n) is 3.88. The summed E-state index contributed by atoms with van der Waals surface area (Å²) in [5.41, 5.74) is 8.68. The standard InChI is InChI=1S/C16H26N2/c1-13(2)6-5-11-18-12-14(9-10-17)15-7-3-4-8-16(15)18/h3-4,7-8,13-14H,5-6,9-12,17H2,1-2H3. The van der Waals surface area contributed by atoms with Gasteiger partial charge in [0.15, 0.2) is 0 Å². The maximum Gasteiger partial charge on any atom is 0.0402 e. The lowest BCUT2D eigenvalue weighted by Gasteiger charge is -2.20. The van der Waals surface area contributed by atoms with E-state index in [1.807, 2.05) is 0 Å². The van der Waals surface area contributed by atoms with Crippen LogP contribution in [0.15, 0.2) is 24.3 Å². The van der Waals surface area contributed by atoms with Crippen molar-refractivity contribution in [1.29, 1.82) is 0 Å². The van der Waals surface area contributed by atoms with Crippen LogP contribution in [-0.4, -0.2) is 19.6 Å². The van der Waals surface area contributed by atoms with Crippen LogP contribution in [0.5, 0.6) is 0 Å². The lowest BCUT2D eigenvalue weighted by Crippen LogP contribution is -2.24. The van der Waals surface area contributed by atoms with Gasteiger partial charge in [-0.15, -0.1) is 0 Å². The average Bonchev–Trinajstić information content (AvgIpc) is 2.69. The van der Waals surface area contributed by atoms with Crippen LogP contribution in [0.2, 0.25) is 0 Å². The molecule has 0 radical (unpaired) electrons. The maximum atomic E-state index is 5.73. The van der Waals surface area contributed by atoms with Gasteiger partial charge in [0.2, 0.25) is 0 Å².